The summed E-state index contributed by atoms with van der Waals surface area (Å²) in [4.78, 5) is 13.3. The standard InChI is InChI=1S/C15H15BrN2O2/c1-18(2)15(19)10-7-8-14(12(17)9-10)20-13-6-4-3-5-11(13)16/h3-9H,17H2,1-2H3. The molecule has 2 aromatic rings. The maximum atomic E-state index is 11.8. The Morgan fingerprint density at radius 3 is 2.45 bits per heavy atom. The van der Waals surface area contributed by atoms with Crippen molar-refractivity contribution in [3.63, 3.8) is 0 Å². The summed E-state index contributed by atoms with van der Waals surface area (Å²) < 4.78 is 6.58. The van der Waals surface area contributed by atoms with Crippen molar-refractivity contribution >= 4 is 27.5 Å². The van der Waals surface area contributed by atoms with Gasteiger partial charge in [0.25, 0.3) is 5.91 Å². The van der Waals surface area contributed by atoms with Crippen LogP contribution in [0.25, 0.3) is 0 Å². The molecule has 5 heteroatoms. The normalized spacial score (nSPS) is 10.2. The topological polar surface area (TPSA) is 55.6 Å². The highest BCUT2D eigenvalue weighted by Gasteiger charge is 2.11. The summed E-state index contributed by atoms with van der Waals surface area (Å²) in [5.41, 5.74) is 6.90. The number of para-hydroxylation sites is 1. The Bertz CT molecular complexity index is 642. The predicted molar refractivity (Wildman–Crippen MR) is 83.1 cm³/mol. The van der Waals surface area contributed by atoms with Crippen LogP contribution in [0.1, 0.15) is 10.4 Å². The number of amides is 1. The van der Waals surface area contributed by atoms with Crippen molar-refractivity contribution in [2.75, 3.05) is 19.8 Å². The largest absolute Gasteiger partial charge is 0.454 e. The highest BCUT2D eigenvalue weighted by Crippen LogP contribution is 2.32. The summed E-state index contributed by atoms with van der Waals surface area (Å²) in [6.45, 7) is 0. The summed E-state index contributed by atoms with van der Waals surface area (Å²) in [5.74, 6) is 1.10. The molecule has 0 aromatic heterocycles. The lowest BCUT2D eigenvalue weighted by Gasteiger charge is -2.13. The van der Waals surface area contributed by atoms with E-state index in [1.54, 1.807) is 32.3 Å². The molecule has 20 heavy (non-hydrogen) atoms. The zero-order valence-electron chi connectivity index (χ0n) is 11.3. The van der Waals surface area contributed by atoms with Gasteiger partial charge in [0.1, 0.15) is 11.5 Å². The SMILES string of the molecule is CN(C)C(=O)c1ccc(Oc2ccccc2Br)c(N)c1. The Morgan fingerprint density at radius 2 is 1.85 bits per heavy atom. The van der Waals surface area contributed by atoms with E-state index in [9.17, 15) is 4.79 Å². The number of nitrogens with two attached hydrogens (primary N) is 1. The van der Waals surface area contributed by atoms with Crippen molar-refractivity contribution in [2.45, 2.75) is 0 Å². The van der Waals surface area contributed by atoms with E-state index < -0.39 is 0 Å². The fourth-order valence-corrected chi connectivity index (χ4v) is 2.04. The van der Waals surface area contributed by atoms with Gasteiger partial charge in [-0.2, -0.15) is 0 Å². The first kappa shape index (κ1) is 14.4. The van der Waals surface area contributed by atoms with Gasteiger partial charge < -0.3 is 15.4 Å². The van der Waals surface area contributed by atoms with E-state index in [4.69, 9.17) is 10.5 Å². The summed E-state index contributed by atoms with van der Waals surface area (Å²) in [7, 11) is 3.40. The maximum absolute atomic E-state index is 11.8. The lowest BCUT2D eigenvalue weighted by molar-refractivity contribution is 0.0827. The Labute approximate surface area is 126 Å². The van der Waals surface area contributed by atoms with E-state index in [0.29, 0.717) is 22.7 Å². The molecule has 0 aliphatic carbocycles. The number of anilines is 1. The minimum atomic E-state index is -0.0934. The molecule has 2 aromatic carbocycles. The molecular formula is C15H15BrN2O2. The van der Waals surface area contributed by atoms with Gasteiger partial charge in [-0.15, -0.1) is 0 Å². The van der Waals surface area contributed by atoms with Gasteiger partial charge in [-0.05, 0) is 46.3 Å². The zero-order valence-corrected chi connectivity index (χ0v) is 12.8. The number of halogens is 1. The Balaban J connectivity index is 2.27. The number of nitrogens with zero attached hydrogens (tertiary/aromatic N) is 1. The Hall–Kier alpha value is -2.01. The number of nitrogen functional groups attached to an aromatic ring is 1. The summed E-state index contributed by atoms with van der Waals surface area (Å²) in [5, 5.41) is 0. The molecule has 0 saturated carbocycles. The number of benzene rings is 2. The number of hydrogen-bond acceptors (Lipinski definition) is 3. The van der Waals surface area contributed by atoms with Crippen LogP contribution < -0.4 is 10.5 Å². The van der Waals surface area contributed by atoms with Crippen LogP contribution in [0.5, 0.6) is 11.5 Å². The summed E-state index contributed by atoms with van der Waals surface area (Å²) in [6, 6.07) is 12.5. The predicted octanol–water partition coefficient (Wildman–Crippen LogP) is 3.53. The monoisotopic (exact) mass is 334 g/mol. The first-order chi connectivity index (χ1) is 9.49. The second-order valence-corrected chi connectivity index (χ2v) is 5.34. The van der Waals surface area contributed by atoms with Gasteiger partial charge in [0.15, 0.2) is 0 Å². The Kier molecular flexibility index (Phi) is 4.29. The van der Waals surface area contributed by atoms with Crippen molar-refractivity contribution in [1.29, 1.82) is 0 Å². The van der Waals surface area contributed by atoms with Crippen molar-refractivity contribution in [1.82, 2.24) is 4.90 Å². The van der Waals surface area contributed by atoms with Crippen LogP contribution in [0.3, 0.4) is 0 Å². The smallest absolute Gasteiger partial charge is 0.253 e. The zero-order chi connectivity index (χ0) is 14.7. The highest BCUT2D eigenvalue weighted by atomic mass is 79.9. The molecule has 4 nitrogen and oxygen atoms in total. The fourth-order valence-electron chi connectivity index (χ4n) is 1.68. The molecule has 0 bridgehead atoms. The van der Waals surface area contributed by atoms with Crippen LogP contribution in [-0.2, 0) is 0 Å². The van der Waals surface area contributed by atoms with E-state index in [1.807, 2.05) is 24.3 Å². The van der Waals surface area contributed by atoms with Gasteiger partial charge in [-0.1, -0.05) is 12.1 Å². The van der Waals surface area contributed by atoms with Crippen molar-refractivity contribution in [3.05, 3.63) is 52.5 Å². The van der Waals surface area contributed by atoms with Crippen molar-refractivity contribution in [2.24, 2.45) is 0 Å². The van der Waals surface area contributed by atoms with E-state index in [2.05, 4.69) is 15.9 Å². The van der Waals surface area contributed by atoms with Crippen LogP contribution in [-0.4, -0.2) is 24.9 Å². The molecule has 0 aliphatic heterocycles. The molecule has 0 atom stereocenters. The second kappa shape index (κ2) is 5.96. The molecule has 0 fully saturated rings. The first-order valence-electron chi connectivity index (χ1n) is 6.02. The first-order valence-corrected chi connectivity index (χ1v) is 6.82. The summed E-state index contributed by atoms with van der Waals surface area (Å²) in [6.07, 6.45) is 0. The minimum absolute atomic E-state index is 0.0934. The fraction of sp³-hybridized carbons (Fsp3) is 0.133. The Morgan fingerprint density at radius 1 is 1.15 bits per heavy atom. The minimum Gasteiger partial charge on any atom is -0.454 e. The molecule has 0 heterocycles. The number of ether oxygens (including phenoxy) is 1. The maximum Gasteiger partial charge on any atom is 0.253 e. The number of rotatable bonds is 3. The van der Waals surface area contributed by atoms with Crippen LogP contribution in [0.2, 0.25) is 0 Å². The highest BCUT2D eigenvalue weighted by molar-refractivity contribution is 9.10. The van der Waals surface area contributed by atoms with Crippen molar-refractivity contribution < 1.29 is 9.53 Å². The number of carbonyl (C=O) groups is 1. The van der Waals surface area contributed by atoms with Gasteiger partial charge in [-0.25, -0.2) is 0 Å². The molecule has 104 valence electrons. The average molecular weight is 335 g/mol. The van der Waals surface area contributed by atoms with E-state index in [1.165, 1.54) is 4.90 Å². The molecule has 0 spiro atoms. The molecule has 0 radical (unpaired) electrons. The number of hydrogen-bond donors (Lipinski definition) is 1. The number of carbonyl (C=O) groups excluding carboxylic acids is 1. The van der Waals surface area contributed by atoms with Gasteiger partial charge in [0.05, 0.1) is 10.2 Å². The quantitative estimate of drug-likeness (QED) is 0.873. The molecule has 2 rings (SSSR count). The third-order valence-corrected chi connectivity index (χ3v) is 3.37. The molecule has 2 N–H and O–H groups in total. The third-order valence-electron chi connectivity index (χ3n) is 2.72. The van der Waals surface area contributed by atoms with Gasteiger partial charge >= 0.3 is 0 Å². The average Bonchev–Trinajstić information content (AvgIpc) is 2.42. The van der Waals surface area contributed by atoms with Gasteiger partial charge in [0.2, 0.25) is 0 Å². The third kappa shape index (κ3) is 3.11. The second-order valence-electron chi connectivity index (χ2n) is 4.48. The lowest BCUT2D eigenvalue weighted by atomic mass is 10.1. The molecule has 0 unspecified atom stereocenters. The summed E-state index contributed by atoms with van der Waals surface area (Å²) >= 11 is 3.41. The molecule has 0 aliphatic rings. The van der Waals surface area contributed by atoms with Gasteiger partial charge in [0, 0.05) is 19.7 Å². The van der Waals surface area contributed by atoms with Gasteiger partial charge in [-0.3, -0.25) is 4.79 Å². The van der Waals surface area contributed by atoms with E-state index in [-0.39, 0.29) is 5.91 Å². The van der Waals surface area contributed by atoms with Crippen LogP contribution in [0, 0.1) is 0 Å². The molecule has 1 amide bonds. The molecular weight excluding hydrogens is 320 g/mol. The lowest BCUT2D eigenvalue weighted by Crippen LogP contribution is -2.21. The van der Waals surface area contributed by atoms with E-state index >= 15 is 0 Å². The van der Waals surface area contributed by atoms with Crippen LogP contribution in [0.15, 0.2) is 46.9 Å². The van der Waals surface area contributed by atoms with E-state index in [0.717, 1.165) is 4.47 Å². The molecule has 0 saturated heterocycles. The van der Waals surface area contributed by atoms with Crippen LogP contribution >= 0.6 is 15.9 Å². The van der Waals surface area contributed by atoms with Crippen LogP contribution in [0.4, 0.5) is 5.69 Å². The van der Waals surface area contributed by atoms with Crippen molar-refractivity contribution in [3.8, 4) is 11.5 Å².